The number of rotatable bonds is 8. The van der Waals surface area contributed by atoms with Crippen molar-refractivity contribution >= 4 is 21.4 Å². The van der Waals surface area contributed by atoms with Crippen LogP contribution in [0.2, 0.25) is 0 Å². The summed E-state index contributed by atoms with van der Waals surface area (Å²) in [6.07, 6.45) is 1.16. The summed E-state index contributed by atoms with van der Waals surface area (Å²) in [7, 11) is -3.08. The number of sulfone groups is 1. The van der Waals surface area contributed by atoms with E-state index in [4.69, 9.17) is 0 Å². The third kappa shape index (κ3) is 7.13. The van der Waals surface area contributed by atoms with Crippen LogP contribution >= 0.6 is 0 Å². The Kier molecular flexibility index (Phi) is 6.68. The molecule has 0 saturated heterocycles. The summed E-state index contributed by atoms with van der Waals surface area (Å²) in [5.41, 5.74) is 2.33. The number of benzene rings is 1. The molecular weight excluding hydrogens is 288 g/mol. The molecule has 0 aliphatic heterocycles. The highest BCUT2D eigenvalue weighted by atomic mass is 32.2. The molecule has 0 bridgehead atoms. The summed E-state index contributed by atoms with van der Waals surface area (Å²) in [4.78, 5) is 13.7. The molecule has 6 heteroatoms. The number of anilines is 1. The quantitative estimate of drug-likeness (QED) is 0.787. The number of hydrogen-bond donors (Lipinski definition) is 1. The number of likely N-dealkylation sites (N-methyl/N-ethyl adjacent to an activating group) is 1. The van der Waals surface area contributed by atoms with Gasteiger partial charge in [-0.25, -0.2) is 8.42 Å². The van der Waals surface area contributed by atoms with E-state index in [1.807, 2.05) is 25.1 Å². The smallest absolute Gasteiger partial charge is 0.221 e. The van der Waals surface area contributed by atoms with E-state index in [1.165, 1.54) is 5.56 Å². The molecule has 1 aromatic rings. The molecule has 0 aromatic heterocycles. The molecule has 0 fully saturated rings. The average molecular weight is 312 g/mol. The minimum atomic E-state index is -3.08. The normalized spacial score (nSPS) is 11.2. The Hall–Kier alpha value is -1.56. The molecule has 5 nitrogen and oxygen atoms in total. The Labute approximate surface area is 127 Å². The predicted molar refractivity (Wildman–Crippen MR) is 86.4 cm³/mol. The largest absolute Gasteiger partial charge is 0.370 e. The van der Waals surface area contributed by atoms with E-state index in [0.717, 1.165) is 18.5 Å². The monoisotopic (exact) mass is 312 g/mol. The first kappa shape index (κ1) is 17.5. The molecular formula is C15H24N2O3S. The minimum Gasteiger partial charge on any atom is -0.370 e. The number of amides is 1. The highest BCUT2D eigenvalue weighted by Gasteiger charge is 2.09. The molecule has 0 radical (unpaired) electrons. The van der Waals surface area contributed by atoms with Gasteiger partial charge < -0.3 is 10.2 Å². The molecule has 118 valence electrons. The molecule has 0 aliphatic carbocycles. The van der Waals surface area contributed by atoms with Crippen molar-refractivity contribution in [3.05, 3.63) is 29.8 Å². The van der Waals surface area contributed by atoms with Crippen molar-refractivity contribution in [1.29, 1.82) is 0 Å². The molecule has 0 aliphatic rings. The summed E-state index contributed by atoms with van der Waals surface area (Å²) >= 11 is 0. The number of nitrogens with zero attached hydrogens (tertiary/aromatic N) is 1. The summed E-state index contributed by atoms with van der Waals surface area (Å²) in [5.74, 6) is -0.325. The maximum absolute atomic E-state index is 11.6. The van der Waals surface area contributed by atoms with E-state index in [9.17, 15) is 13.2 Å². The van der Waals surface area contributed by atoms with E-state index in [1.54, 1.807) is 0 Å². The lowest BCUT2D eigenvalue weighted by Gasteiger charge is -2.23. The van der Waals surface area contributed by atoms with Gasteiger partial charge in [0.25, 0.3) is 0 Å². The molecule has 1 amide bonds. The number of hydrogen-bond acceptors (Lipinski definition) is 4. The van der Waals surface area contributed by atoms with Crippen LogP contribution < -0.4 is 10.2 Å². The van der Waals surface area contributed by atoms with Gasteiger partial charge in [0.2, 0.25) is 5.91 Å². The van der Waals surface area contributed by atoms with Gasteiger partial charge in [0.15, 0.2) is 0 Å². The lowest BCUT2D eigenvalue weighted by atomic mass is 10.2. The van der Waals surface area contributed by atoms with E-state index >= 15 is 0 Å². The zero-order valence-corrected chi connectivity index (χ0v) is 13.7. The van der Waals surface area contributed by atoms with Gasteiger partial charge in [0.1, 0.15) is 9.84 Å². The fourth-order valence-corrected chi connectivity index (χ4v) is 2.55. The third-order valence-electron chi connectivity index (χ3n) is 3.15. The Morgan fingerprint density at radius 3 is 2.62 bits per heavy atom. The zero-order chi connectivity index (χ0) is 15.9. The summed E-state index contributed by atoms with van der Waals surface area (Å²) in [5, 5.41) is 2.76. The van der Waals surface area contributed by atoms with Crippen LogP contribution in [-0.4, -0.2) is 46.0 Å². The Morgan fingerprint density at radius 1 is 1.33 bits per heavy atom. The maximum atomic E-state index is 11.6. The highest BCUT2D eigenvalue weighted by Crippen LogP contribution is 2.14. The summed E-state index contributed by atoms with van der Waals surface area (Å²) < 4.78 is 22.0. The van der Waals surface area contributed by atoms with Crippen LogP contribution in [0.15, 0.2) is 24.3 Å². The lowest BCUT2D eigenvalue weighted by Crippen LogP contribution is -2.35. The summed E-state index contributed by atoms with van der Waals surface area (Å²) in [6, 6.07) is 8.21. The Bertz CT molecular complexity index is 570. The van der Waals surface area contributed by atoms with Gasteiger partial charge in [-0.2, -0.15) is 0 Å². The first-order valence-electron chi connectivity index (χ1n) is 7.08. The lowest BCUT2D eigenvalue weighted by molar-refractivity contribution is -0.120. The topological polar surface area (TPSA) is 66.5 Å². The molecule has 0 unspecified atom stereocenters. The standard InChI is InChI=1S/C15H24N2O3S/c1-4-17(14-7-5-6-13(2)12-14)10-9-16-15(18)8-11-21(3,19)20/h5-7,12H,4,8-11H2,1-3H3,(H,16,18). The highest BCUT2D eigenvalue weighted by molar-refractivity contribution is 7.90. The Morgan fingerprint density at radius 2 is 2.05 bits per heavy atom. The average Bonchev–Trinajstić information content (AvgIpc) is 2.40. The van der Waals surface area contributed by atoms with Crippen molar-refractivity contribution in [3.63, 3.8) is 0 Å². The van der Waals surface area contributed by atoms with Crippen molar-refractivity contribution in [2.75, 3.05) is 36.5 Å². The van der Waals surface area contributed by atoms with Crippen LogP contribution in [0.4, 0.5) is 5.69 Å². The van der Waals surface area contributed by atoms with Gasteiger partial charge in [0.05, 0.1) is 5.75 Å². The molecule has 1 aromatic carbocycles. The third-order valence-corrected chi connectivity index (χ3v) is 4.10. The molecule has 0 heterocycles. The summed E-state index contributed by atoms with van der Waals surface area (Å²) in [6.45, 7) is 6.16. The molecule has 21 heavy (non-hydrogen) atoms. The van der Waals surface area contributed by atoms with Crippen LogP contribution in [-0.2, 0) is 14.6 Å². The second kappa shape index (κ2) is 8.02. The van der Waals surface area contributed by atoms with Crippen LogP contribution in [0, 0.1) is 6.92 Å². The molecule has 1 N–H and O–H groups in total. The van der Waals surface area contributed by atoms with E-state index in [2.05, 4.69) is 23.2 Å². The number of aryl methyl sites for hydroxylation is 1. The van der Waals surface area contributed by atoms with E-state index < -0.39 is 9.84 Å². The van der Waals surface area contributed by atoms with Crippen LogP contribution in [0.3, 0.4) is 0 Å². The molecule has 0 atom stereocenters. The van der Waals surface area contributed by atoms with E-state index in [-0.39, 0.29) is 18.1 Å². The van der Waals surface area contributed by atoms with Crippen molar-refractivity contribution in [1.82, 2.24) is 5.32 Å². The van der Waals surface area contributed by atoms with Gasteiger partial charge in [-0.3, -0.25) is 4.79 Å². The number of carbonyl (C=O) groups excluding carboxylic acids is 1. The number of carbonyl (C=O) groups is 1. The van der Waals surface area contributed by atoms with Crippen molar-refractivity contribution in [2.45, 2.75) is 20.3 Å². The van der Waals surface area contributed by atoms with Gasteiger partial charge in [0, 0.05) is 38.0 Å². The molecule has 0 saturated carbocycles. The second-order valence-corrected chi connectivity index (χ2v) is 7.41. The van der Waals surface area contributed by atoms with Gasteiger partial charge in [-0.15, -0.1) is 0 Å². The molecule has 0 spiro atoms. The van der Waals surface area contributed by atoms with Gasteiger partial charge >= 0.3 is 0 Å². The predicted octanol–water partition coefficient (Wildman–Crippen LogP) is 1.37. The second-order valence-electron chi connectivity index (χ2n) is 5.15. The van der Waals surface area contributed by atoms with Crippen LogP contribution in [0.25, 0.3) is 0 Å². The Balaban J connectivity index is 2.41. The fourth-order valence-electron chi connectivity index (χ4n) is 1.99. The minimum absolute atomic E-state index is 0.0232. The van der Waals surface area contributed by atoms with Crippen LogP contribution in [0.5, 0.6) is 0 Å². The zero-order valence-electron chi connectivity index (χ0n) is 12.9. The van der Waals surface area contributed by atoms with Gasteiger partial charge in [-0.1, -0.05) is 12.1 Å². The first-order chi connectivity index (χ1) is 9.81. The van der Waals surface area contributed by atoms with Crippen molar-refractivity contribution in [2.24, 2.45) is 0 Å². The SMILES string of the molecule is CCN(CCNC(=O)CCS(C)(=O)=O)c1cccc(C)c1. The van der Waals surface area contributed by atoms with E-state index in [0.29, 0.717) is 13.1 Å². The fraction of sp³-hybridized carbons (Fsp3) is 0.533. The van der Waals surface area contributed by atoms with Gasteiger partial charge in [-0.05, 0) is 31.5 Å². The number of nitrogens with one attached hydrogen (secondary N) is 1. The maximum Gasteiger partial charge on any atom is 0.221 e. The van der Waals surface area contributed by atoms with Crippen molar-refractivity contribution < 1.29 is 13.2 Å². The van der Waals surface area contributed by atoms with Crippen molar-refractivity contribution in [3.8, 4) is 0 Å². The van der Waals surface area contributed by atoms with Crippen LogP contribution in [0.1, 0.15) is 18.9 Å². The molecule has 1 rings (SSSR count). The first-order valence-corrected chi connectivity index (χ1v) is 9.14.